The van der Waals surface area contributed by atoms with Gasteiger partial charge in [-0.3, -0.25) is 14.5 Å². The van der Waals surface area contributed by atoms with Crippen LogP contribution in [0.15, 0.2) is 0 Å². The number of carbonyl (C=O) groups is 2. The number of hydrogen-bond acceptors (Lipinski definition) is 4. The second kappa shape index (κ2) is 7.16. The highest BCUT2D eigenvalue weighted by Gasteiger charge is 2.34. The number of nitrogens with zero attached hydrogens (tertiary/aromatic N) is 1. The summed E-state index contributed by atoms with van der Waals surface area (Å²) >= 11 is 0. The summed E-state index contributed by atoms with van der Waals surface area (Å²) in [5.74, 6) is -0.0432. The minimum absolute atomic E-state index is 0.00282. The first-order chi connectivity index (χ1) is 8.97. The molecule has 0 radical (unpaired) electrons. The molecule has 1 aliphatic heterocycles. The Kier molecular flexibility index (Phi) is 6.16. The normalized spacial score (nSPS) is 21.1. The van der Waals surface area contributed by atoms with Gasteiger partial charge in [0.1, 0.15) is 0 Å². The van der Waals surface area contributed by atoms with Crippen molar-refractivity contribution in [3.8, 4) is 0 Å². The zero-order chi connectivity index (χ0) is 14.5. The van der Waals surface area contributed by atoms with Gasteiger partial charge < -0.3 is 8.85 Å². The van der Waals surface area contributed by atoms with Crippen LogP contribution >= 0.6 is 0 Å². The Hall–Kier alpha value is -0.723. The van der Waals surface area contributed by atoms with E-state index in [4.69, 9.17) is 8.85 Å². The Morgan fingerprint density at radius 3 is 2.47 bits per heavy atom. The van der Waals surface area contributed by atoms with Crippen molar-refractivity contribution < 1.29 is 18.4 Å². The van der Waals surface area contributed by atoms with Gasteiger partial charge in [-0.2, -0.15) is 0 Å². The second-order valence-corrected chi connectivity index (χ2v) is 8.73. The van der Waals surface area contributed by atoms with Crippen molar-refractivity contribution in [2.75, 3.05) is 20.8 Å². The van der Waals surface area contributed by atoms with Gasteiger partial charge in [0.15, 0.2) is 0 Å². The maximum atomic E-state index is 12.1. The van der Waals surface area contributed by atoms with Gasteiger partial charge in [-0.25, -0.2) is 0 Å². The van der Waals surface area contributed by atoms with E-state index in [-0.39, 0.29) is 17.7 Å². The van der Waals surface area contributed by atoms with Crippen LogP contribution in [0.4, 0.5) is 0 Å². The average Bonchev–Trinajstić information content (AvgIpc) is 2.41. The fourth-order valence-corrected chi connectivity index (χ4v) is 3.88. The molecule has 0 aromatic heterocycles. The minimum atomic E-state index is -2.03. The highest BCUT2D eigenvalue weighted by atomic mass is 28.4. The quantitative estimate of drug-likeness (QED) is 0.530. The molecule has 19 heavy (non-hydrogen) atoms. The molecule has 0 aliphatic carbocycles. The van der Waals surface area contributed by atoms with Crippen molar-refractivity contribution in [1.82, 2.24) is 4.90 Å². The molecule has 0 aromatic rings. The fourth-order valence-electron chi connectivity index (χ4n) is 2.46. The van der Waals surface area contributed by atoms with E-state index in [1.54, 1.807) is 14.2 Å². The molecule has 1 atom stereocenters. The molecule has 110 valence electrons. The third-order valence-electron chi connectivity index (χ3n) is 3.99. The summed E-state index contributed by atoms with van der Waals surface area (Å²) in [4.78, 5) is 25.1. The Morgan fingerprint density at radius 2 is 1.95 bits per heavy atom. The van der Waals surface area contributed by atoms with Crippen LogP contribution in [0.1, 0.15) is 32.6 Å². The van der Waals surface area contributed by atoms with Crippen molar-refractivity contribution in [1.29, 1.82) is 0 Å². The molecule has 1 heterocycles. The molecule has 0 bridgehead atoms. The van der Waals surface area contributed by atoms with Crippen LogP contribution in [-0.4, -0.2) is 46.0 Å². The largest absolute Gasteiger partial charge is 0.398 e. The topological polar surface area (TPSA) is 55.8 Å². The van der Waals surface area contributed by atoms with Crippen LogP contribution in [-0.2, 0) is 18.4 Å². The van der Waals surface area contributed by atoms with Crippen LogP contribution < -0.4 is 0 Å². The van der Waals surface area contributed by atoms with Gasteiger partial charge in [-0.05, 0) is 32.4 Å². The molecule has 0 spiro atoms. The van der Waals surface area contributed by atoms with Gasteiger partial charge in [0.25, 0.3) is 0 Å². The number of amides is 2. The lowest BCUT2D eigenvalue weighted by Crippen LogP contribution is -2.45. The second-order valence-electron chi connectivity index (χ2n) is 5.15. The molecule has 1 unspecified atom stereocenters. The standard InChI is InChI=1S/C13H25NO4Si/c1-5-14-12(15)9-8-11(13(14)16)7-6-10-19(4,17-2)18-3/h11H,5-10H2,1-4H3. The van der Waals surface area contributed by atoms with E-state index in [0.717, 1.165) is 18.9 Å². The van der Waals surface area contributed by atoms with Gasteiger partial charge in [-0.15, -0.1) is 0 Å². The highest BCUT2D eigenvalue weighted by Crippen LogP contribution is 2.26. The first-order valence-corrected chi connectivity index (χ1v) is 9.44. The Labute approximate surface area is 116 Å². The predicted molar refractivity (Wildman–Crippen MR) is 74.8 cm³/mol. The molecule has 0 aromatic carbocycles. The fraction of sp³-hybridized carbons (Fsp3) is 0.846. The van der Waals surface area contributed by atoms with Crippen LogP contribution in [0.2, 0.25) is 12.6 Å². The predicted octanol–water partition coefficient (Wildman–Crippen LogP) is 1.92. The lowest BCUT2D eigenvalue weighted by molar-refractivity contribution is -0.151. The third kappa shape index (κ3) is 4.12. The molecular weight excluding hydrogens is 262 g/mol. The summed E-state index contributed by atoms with van der Waals surface area (Å²) in [6, 6.07) is 0.879. The van der Waals surface area contributed by atoms with Crippen LogP contribution in [0.3, 0.4) is 0 Å². The van der Waals surface area contributed by atoms with Gasteiger partial charge in [-0.1, -0.05) is 6.42 Å². The molecular formula is C13H25NO4Si. The SMILES string of the molecule is CCN1C(=O)CCC(CCC[Si](C)(OC)OC)C1=O. The van der Waals surface area contributed by atoms with Crippen LogP contribution in [0.25, 0.3) is 0 Å². The van der Waals surface area contributed by atoms with Crippen molar-refractivity contribution in [3.05, 3.63) is 0 Å². The summed E-state index contributed by atoms with van der Waals surface area (Å²) in [6.45, 7) is 4.35. The van der Waals surface area contributed by atoms with Gasteiger partial charge in [0, 0.05) is 33.1 Å². The number of carbonyl (C=O) groups excluding carboxylic acids is 2. The number of rotatable bonds is 7. The maximum Gasteiger partial charge on any atom is 0.334 e. The zero-order valence-electron chi connectivity index (χ0n) is 12.4. The van der Waals surface area contributed by atoms with E-state index < -0.39 is 8.56 Å². The first kappa shape index (κ1) is 16.3. The lowest BCUT2D eigenvalue weighted by atomic mass is 9.92. The zero-order valence-corrected chi connectivity index (χ0v) is 13.4. The van der Waals surface area contributed by atoms with Crippen LogP contribution in [0.5, 0.6) is 0 Å². The Morgan fingerprint density at radius 1 is 1.32 bits per heavy atom. The Bertz CT molecular complexity index is 331. The van der Waals surface area contributed by atoms with E-state index in [1.807, 2.05) is 13.5 Å². The van der Waals surface area contributed by atoms with Crippen molar-refractivity contribution >= 4 is 20.4 Å². The lowest BCUT2D eigenvalue weighted by Gasteiger charge is -2.30. The van der Waals surface area contributed by atoms with Crippen molar-refractivity contribution in [2.45, 2.75) is 45.2 Å². The Balaban J connectivity index is 2.45. The smallest absolute Gasteiger partial charge is 0.334 e. The summed E-state index contributed by atoms with van der Waals surface area (Å²) in [6.07, 6.45) is 2.91. The van der Waals surface area contributed by atoms with Crippen LogP contribution in [0, 0.1) is 5.92 Å². The van der Waals surface area contributed by atoms with Gasteiger partial charge >= 0.3 is 8.56 Å². The molecule has 1 fully saturated rings. The summed E-state index contributed by atoms with van der Waals surface area (Å²) in [5, 5.41) is 0. The summed E-state index contributed by atoms with van der Waals surface area (Å²) in [5.41, 5.74) is 0. The molecule has 0 N–H and O–H groups in total. The van der Waals surface area contributed by atoms with Gasteiger partial charge in [0.05, 0.1) is 0 Å². The first-order valence-electron chi connectivity index (χ1n) is 6.92. The number of imide groups is 1. The minimum Gasteiger partial charge on any atom is -0.398 e. The van der Waals surface area contributed by atoms with Gasteiger partial charge in [0.2, 0.25) is 11.8 Å². The molecule has 0 saturated carbocycles. The van der Waals surface area contributed by atoms with E-state index in [9.17, 15) is 9.59 Å². The molecule has 2 amide bonds. The third-order valence-corrected chi connectivity index (χ3v) is 6.98. The molecule has 1 rings (SSSR count). The molecule has 5 nitrogen and oxygen atoms in total. The average molecular weight is 287 g/mol. The summed E-state index contributed by atoms with van der Waals surface area (Å²) in [7, 11) is 1.32. The van der Waals surface area contributed by atoms with E-state index >= 15 is 0 Å². The number of piperidine rings is 1. The number of hydrogen-bond donors (Lipinski definition) is 0. The molecule has 1 saturated heterocycles. The monoisotopic (exact) mass is 287 g/mol. The molecule has 1 aliphatic rings. The van der Waals surface area contributed by atoms with E-state index in [1.165, 1.54) is 4.90 Å². The van der Waals surface area contributed by atoms with Crippen molar-refractivity contribution in [2.24, 2.45) is 5.92 Å². The maximum absolute atomic E-state index is 12.1. The van der Waals surface area contributed by atoms with Crippen molar-refractivity contribution in [3.63, 3.8) is 0 Å². The summed E-state index contributed by atoms with van der Waals surface area (Å²) < 4.78 is 10.9. The molecule has 6 heteroatoms. The van der Waals surface area contributed by atoms with E-state index in [2.05, 4.69) is 0 Å². The van der Waals surface area contributed by atoms with E-state index in [0.29, 0.717) is 19.4 Å². The number of likely N-dealkylation sites (tertiary alicyclic amines) is 1. The highest BCUT2D eigenvalue weighted by molar-refractivity contribution is 6.65.